The lowest BCUT2D eigenvalue weighted by molar-refractivity contribution is 0.102. The van der Waals surface area contributed by atoms with Gasteiger partial charge in [-0.05, 0) is 36.2 Å². The second-order valence-electron chi connectivity index (χ2n) is 9.14. The van der Waals surface area contributed by atoms with Crippen LogP contribution in [0.2, 0.25) is 0 Å². The van der Waals surface area contributed by atoms with E-state index in [0.29, 0.717) is 17.2 Å². The third kappa shape index (κ3) is 3.81. The number of nitrogens with zero attached hydrogens (tertiary/aromatic N) is 1. The van der Waals surface area contributed by atoms with Gasteiger partial charge < -0.3 is 9.84 Å². The minimum Gasteiger partial charge on any atom is -0.359 e. The Balaban J connectivity index is 1.75. The molecule has 0 fully saturated rings. The normalized spacial score (nSPS) is 18.1. The third-order valence-electron chi connectivity index (χ3n) is 5.12. The Morgan fingerprint density at radius 3 is 2.60 bits per heavy atom. The van der Waals surface area contributed by atoms with Gasteiger partial charge in [-0.3, -0.25) is 4.79 Å². The standard InChI is InChI=1S/C20H28N2O2S/c1-19(2,3)12-7-8-13-14(11-25-15(13)9-12)18(23)21-17-10-16(24-22-17)20(4,5)6/h10-12H,7-9H2,1-6H3,(H,21,22,23)/t12-/m1/s1. The number of hydrogen-bond acceptors (Lipinski definition) is 4. The molecule has 4 nitrogen and oxygen atoms in total. The SMILES string of the molecule is CC(C)(C)c1cc(NC(=O)c2csc3c2CC[C@@H](C(C)(C)C)C3)no1. The molecule has 0 bridgehead atoms. The lowest BCUT2D eigenvalue weighted by atomic mass is 9.72. The number of carbonyl (C=O) groups excluding carboxylic acids is 1. The van der Waals surface area contributed by atoms with Gasteiger partial charge in [0.2, 0.25) is 0 Å². The first-order valence-electron chi connectivity index (χ1n) is 8.93. The Kier molecular flexibility index (Phi) is 4.56. The second-order valence-corrected chi connectivity index (χ2v) is 10.1. The lowest BCUT2D eigenvalue weighted by Gasteiger charge is -2.34. The van der Waals surface area contributed by atoms with Gasteiger partial charge in [0.25, 0.3) is 5.91 Å². The fourth-order valence-electron chi connectivity index (χ4n) is 3.31. The molecule has 1 N–H and O–H groups in total. The van der Waals surface area contributed by atoms with Gasteiger partial charge in [0.1, 0.15) is 5.76 Å². The maximum atomic E-state index is 12.7. The van der Waals surface area contributed by atoms with Crippen LogP contribution in [0.1, 0.15) is 74.5 Å². The van der Waals surface area contributed by atoms with Gasteiger partial charge in [0.15, 0.2) is 5.82 Å². The van der Waals surface area contributed by atoms with Crippen molar-refractivity contribution in [2.75, 3.05) is 5.32 Å². The van der Waals surface area contributed by atoms with E-state index in [4.69, 9.17) is 4.52 Å². The molecule has 0 unspecified atom stereocenters. The summed E-state index contributed by atoms with van der Waals surface area (Å²) in [7, 11) is 0. The molecular formula is C20H28N2O2S. The van der Waals surface area contributed by atoms with Gasteiger partial charge in [0, 0.05) is 21.7 Å². The largest absolute Gasteiger partial charge is 0.359 e. The highest BCUT2D eigenvalue weighted by Crippen LogP contribution is 2.40. The average molecular weight is 361 g/mol. The summed E-state index contributed by atoms with van der Waals surface area (Å²) in [4.78, 5) is 14.1. The van der Waals surface area contributed by atoms with Gasteiger partial charge in [-0.1, -0.05) is 46.7 Å². The van der Waals surface area contributed by atoms with E-state index in [2.05, 4.69) is 52.0 Å². The molecule has 0 spiro atoms. The zero-order chi connectivity index (χ0) is 18.4. The summed E-state index contributed by atoms with van der Waals surface area (Å²) in [6.45, 7) is 13.1. The molecule has 1 aliphatic carbocycles. The van der Waals surface area contributed by atoms with Crippen LogP contribution < -0.4 is 5.32 Å². The molecule has 0 radical (unpaired) electrons. The van der Waals surface area contributed by atoms with E-state index in [9.17, 15) is 4.79 Å². The summed E-state index contributed by atoms with van der Waals surface area (Å²) < 4.78 is 5.35. The van der Waals surface area contributed by atoms with Crippen molar-refractivity contribution in [2.45, 2.75) is 66.2 Å². The molecule has 2 aromatic rings. The van der Waals surface area contributed by atoms with E-state index in [1.807, 2.05) is 11.4 Å². The molecule has 0 aromatic carbocycles. The number of aromatic nitrogens is 1. The van der Waals surface area contributed by atoms with Crippen LogP contribution in [0.5, 0.6) is 0 Å². The number of carbonyl (C=O) groups is 1. The van der Waals surface area contributed by atoms with Crippen LogP contribution in [0.15, 0.2) is 16.0 Å². The predicted octanol–water partition coefficient (Wildman–Crippen LogP) is 5.44. The molecule has 3 rings (SSSR count). The Labute approximate surface area is 154 Å². The first kappa shape index (κ1) is 18.2. The summed E-state index contributed by atoms with van der Waals surface area (Å²) in [5.41, 5.74) is 2.21. The zero-order valence-corrected chi connectivity index (χ0v) is 16.8. The molecular weight excluding hydrogens is 332 g/mol. The first-order chi connectivity index (χ1) is 11.6. The molecule has 0 saturated carbocycles. The smallest absolute Gasteiger partial charge is 0.258 e. The van der Waals surface area contributed by atoms with Gasteiger partial charge in [-0.2, -0.15) is 0 Å². The molecule has 1 aliphatic rings. The molecule has 2 aromatic heterocycles. The maximum absolute atomic E-state index is 12.7. The number of nitrogens with one attached hydrogen (secondary N) is 1. The highest BCUT2D eigenvalue weighted by atomic mass is 32.1. The van der Waals surface area contributed by atoms with Crippen LogP contribution >= 0.6 is 11.3 Å². The van der Waals surface area contributed by atoms with Crippen LogP contribution in [0.4, 0.5) is 5.82 Å². The van der Waals surface area contributed by atoms with Gasteiger partial charge in [0.05, 0.1) is 5.56 Å². The fraction of sp³-hybridized carbons (Fsp3) is 0.600. The Hall–Kier alpha value is -1.62. The number of rotatable bonds is 2. The Bertz CT molecular complexity index is 774. The average Bonchev–Trinajstić information content (AvgIpc) is 3.11. The highest BCUT2D eigenvalue weighted by molar-refractivity contribution is 7.10. The molecule has 1 amide bonds. The summed E-state index contributed by atoms with van der Waals surface area (Å²) in [5.74, 6) is 1.85. The fourth-order valence-corrected chi connectivity index (χ4v) is 4.47. The third-order valence-corrected chi connectivity index (χ3v) is 6.17. The monoisotopic (exact) mass is 360 g/mol. The summed E-state index contributed by atoms with van der Waals surface area (Å²) >= 11 is 1.72. The minimum atomic E-state index is -0.126. The van der Waals surface area contributed by atoms with Crippen molar-refractivity contribution in [3.05, 3.63) is 33.2 Å². The van der Waals surface area contributed by atoms with Crippen LogP contribution in [0.25, 0.3) is 0 Å². The molecule has 5 heteroatoms. The number of fused-ring (bicyclic) bond motifs is 1. The second kappa shape index (κ2) is 6.27. The van der Waals surface area contributed by atoms with Crippen molar-refractivity contribution in [2.24, 2.45) is 11.3 Å². The van der Waals surface area contributed by atoms with Crippen molar-refractivity contribution < 1.29 is 9.32 Å². The quantitative estimate of drug-likeness (QED) is 0.776. The molecule has 25 heavy (non-hydrogen) atoms. The van der Waals surface area contributed by atoms with E-state index in [0.717, 1.165) is 30.6 Å². The molecule has 136 valence electrons. The van der Waals surface area contributed by atoms with Gasteiger partial charge in [-0.15, -0.1) is 11.3 Å². The first-order valence-corrected chi connectivity index (χ1v) is 9.81. The number of amides is 1. The Morgan fingerprint density at radius 2 is 2.00 bits per heavy atom. The van der Waals surface area contributed by atoms with E-state index in [1.54, 1.807) is 11.3 Å². The molecule has 0 saturated heterocycles. The minimum absolute atomic E-state index is 0.0829. The van der Waals surface area contributed by atoms with E-state index in [1.165, 1.54) is 10.4 Å². The summed E-state index contributed by atoms with van der Waals surface area (Å²) in [6.07, 6.45) is 3.20. The maximum Gasteiger partial charge on any atom is 0.258 e. The van der Waals surface area contributed by atoms with Crippen LogP contribution in [0, 0.1) is 11.3 Å². The van der Waals surface area contributed by atoms with Crippen LogP contribution in [-0.4, -0.2) is 11.1 Å². The van der Waals surface area contributed by atoms with Gasteiger partial charge >= 0.3 is 0 Å². The summed E-state index contributed by atoms with van der Waals surface area (Å²) in [5, 5.41) is 8.87. The van der Waals surface area contributed by atoms with Crippen molar-refractivity contribution in [3.63, 3.8) is 0 Å². The van der Waals surface area contributed by atoms with Gasteiger partial charge in [-0.25, -0.2) is 0 Å². The molecule has 1 atom stereocenters. The van der Waals surface area contributed by atoms with Crippen molar-refractivity contribution in [3.8, 4) is 0 Å². The zero-order valence-electron chi connectivity index (χ0n) is 16.0. The predicted molar refractivity (Wildman–Crippen MR) is 102 cm³/mol. The van der Waals surface area contributed by atoms with E-state index >= 15 is 0 Å². The summed E-state index contributed by atoms with van der Waals surface area (Å²) in [6, 6.07) is 1.81. The molecule has 2 heterocycles. The van der Waals surface area contributed by atoms with Crippen molar-refractivity contribution in [1.82, 2.24) is 5.16 Å². The van der Waals surface area contributed by atoms with Crippen LogP contribution in [0.3, 0.4) is 0 Å². The number of thiophene rings is 1. The van der Waals surface area contributed by atoms with Crippen molar-refractivity contribution in [1.29, 1.82) is 0 Å². The Morgan fingerprint density at radius 1 is 1.28 bits per heavy atom. The number of anilines is 1. The number of hydrogen-bond donors (Lipinski definition) is 1. The molecule has 0 aliphatic heterocycles. The van der Waals surface area contributed by atoms with Crippen LogP contribution in [-0.2, 0) is 18.3 Å². The van der Waals surface area contributed by atoms with Crippen molar-refractivity contribution >= 4 is 23.1 Å². The van der Waals surface area contributed by atoms with E-state index in [-0.39, 0.29) is 11.3 Å². The van der Waals surface area contributed by atoms with E-state index < -0.39 is 0 Å². The lowest BCUT2D eigenvalue weighted by Crippen LogP contribution is -2.27. The highest BCUT2D eigenvalue weighted by Gasteiger charge is 2.32. The topological polar surface area (TPSA) is 55.1 Å².